The summed E-state index contributed by atoms with van der Waals surface area (Å²) in [6.45, 7) is 9.73. The molecule has 1 amide bonds. The zero-order chi connectivity index (χ0) is 22.5. The van der Waals surface area contributed by atoms with Gasteiger partial charge in [0.1, 0.15) is 0 Å². The number of rotatable bonds is 8. The summed E-state index contributed by atoms with van der Waals surface area (Å²) < 4.78 is 3.82. The lowest BCUT2D eigenvalue weighted by atomic mass is 10.1. The molecule has 0 spiro atoms. The highest BCUT2D eigenvalue weighted by Gasteiger charge is 2.13. The van der Waals surface area contributed by atoms with Gasteiger partial charge in [0.05, 0.1) is 17.9 Å². The van der Waals surface area contributed by atoms with Crippen molar-refractivity contribution in [1.29, 1.82) is 0 Å². The molecule has 2 aromatic heterocycles. The smallest absolute Gasteiger partial charge is 0.244 e. The molecule has 0 aliphatic rings. The highest BCUT2D eigenvalue weighted by Crippen LogP contribution is 2.26. The Kier molecular flexibility index (Phi) is 7.57. The van der Waals surface area contributed by atoms with Crippen LogP contribution in [0.2, 0.25) is 10.0 Å². The second kappa shape index (κ2) is 10.2. The number of aryl methyl sites for hydroxylation is 4. The molecule has 0 unspecified atom stereocenters. The number of carbonyl (C=O) groups is 1. The number of aromatic nitrogens is 4. The standard InChI is InChI=1S/C23H27Cl2N5O/c1-15-13-16(2)29(27-15)12-6-11-26-23(31)10-9-19-17(3)28-30(18(19)4)14-20-21(24)7-5-8-22(20)25/h5,7-10,13H,6,11-12,14H2,1-4H3,(H,26,31)/b10-9+. The minimum atomic E-state index is -0.130. The van der Waals surface area contributed by atoms with Gasteiger partial charge in [-0.15, -0.1) is 0 Å². The predicted octanol–water partition coefficient (Wildman–Crippen LogP) is 4.89. The summed E-state index contributed by atoms with van der Waals surface area (Å²) in [5.41, 5.74) is 5.67. The summed E-state index contributed by atoms with van der Waals surface area (Å²) >= 11 is 12.6. The van der Waals surface area contributed by atoms with Gasteiger partial charge in [0, 0.05) is 51.7 Å². The highest BCUT2D eigenvalue weighted by atomic mass is 35.5. The number of halogens is 2. The molecule has 0 saturated heterocycles. The third-order valence-corrected chi connectivity index (χ3v) is 5.87. The molecule has 0 aliphatic carbocycles. The fourth-order valence-corrected chi connectivity index (χ4v) is 4.02. The monoisotopic (exact) mass is 459 g/mol. The van der Waals surface area contributed by atoms with Gasteiger partial charge in [-0.3, -0.25) is 14.2 Å². The SMILES string of the molecule is Cc1cc(C)n(CCCNC(=O)/C=C/c2c(C)nn(Cc3c(Cl)cccc3Cl)c2C)n1. The third-order valence-electron chi connectivity index (χ3n) is 5.16. The molecule has 2 heterocycles. The van der Waals surface area contributed by atoms with E-state index >= 15 is 0 Å². The zero-order valence-electron chi connectivity index (χ0n) is 18.2. The minimum Gasteiger partial charge on any atom is -0.352 e. The van der Waals surface area contributed by atoms with Crippen LogP contribution in [0.25, 0.3) is 6.08 Å². The summed E-state index contributed by atoms with van der Waals surface area (Å²) in [5, 5.41) is 13.2. The number of benzene rings is 1. The van der Waals surface area contributed by atoms with Crippen LogP contribution in [0.1, 0.15) is 40.3 Å². The van der Waals surface area contributed by atoms with Gasteiger partial charge in [0.2, 0.25) is 5.91 Å². The average Bonchev–Trinajstić information content (AvgIpc) is 3.17. The normalized spacial score (nSPS) is 11.4. The summed E-state index contributed by atoms with van der Waals surface area (Å²) in [4.78, 5) is 12.2. The molecule has 0 aliphatic heterocycles. The van der Waals surface area contributed by atoms with Gasteiger partial charge in [0.25, 0.3) is 0 Å². The van der Waals surface area contributed by atoms with E-state index in [1.54, 1.807) is 12.2 Å². The van der Waals surface area contributed by atoms with E-state index in [0.29, 0.717) is 23.1 Å². The van der Waals surface area contributed by atoms with Crippen LogP contribution in [0, 0.1) is 27.7 Å². The van der Waals surface area contributed by atoms with E-state index in [9.17, 15) is 4.79 Å². The molecule has 0 atom stereocenters. The Morgan fingerprint density at radius 1 is 1.10 bits per heavy atom. The van der Waals surface area contributed by atoms with E-state index in [0.717, 1.165) is 46.9 Å². The van der Waals surface area contributed by atoms with E-state index in [1.165, 1.54) is 0 Å². The van der Waals surface area contributed by atoms with Crippen LogP contribution in [0.5, 0.6) is 0 Å². The molecule has 8 heteroatoms. The van der Waals surface area contributed by atoms with Crippen LogP contribution >= 0.6 is 23.2 Å². The second-order valence-electron chi connectivity index (χ2n) is 7.57. The molecule has 3 aromatic rings. The van der Waals surface area contributed by atoms with E-state index in [1.807, 2.05) is 61.3 Å². The second-order valence-corrected chi connectivity index (χ2v) is 8.38. The first-order valence-corrected chi connectivity index (χ1v) is 11.0. The summed E-state index contributed by atoms with van der Waals surface area (Å²) in [7, 11) is 0. The van der Waals surface area contributed by atoms with Gasteiger partial charge in [-0.2, -0.15) is 10.2 Å². The van der Waals surface area contributed by atoms with Gasteiger partial charge in [-0.05, 0) is 58.4 Å². The maximum atomic E-state index is 12.2. The van der Waals surface area contributed by atoms with Crippen molar-refractivity contribution in [1.82, 2.24) is 24.9 Å². The zero-order valence-corrected chi connectivity index (χ0v) is 19.8. The first kappa shape index (κ1) is 23.1. The molecule has 6 nitrogen and oxygen atoms in total. The van der Waals surface area contributed by atoms with Crippen molar-refractivity contribution in [2.24, 2.45) is 0 Å². The molecule has 0 saturated carbocycles. The lowest BCUT2D eigenvalue weighted by Crippen LogP contribution is -2.23. The van der Waals surface area contributed by atoms with Crippen molar-refractivity contribution in [3.8, 4) is 0 Å². The van der Waals surface area contributed by atoms with Crippen molar-refractivity contribution in [2.75, 3.05) is 6.54 Å². The topological polar surface area (TPSA) is 64.7 Å². The minimum absolute atomic E-state index is 0.130. The molecular weight excluding hydrogens is 433 g/mol. The molecule has 31 heavy (non-hydrogen) atoms. The third kappa shape index (κ3) is 5.77. The number of amides is 1. The molecule has 0 radical (unpaired) electrons. The number of carbonyl (C=O) groups excluding carboxylic acids is 1. The maximum Gasteiger partial charge on any atom is 0.244 e. The molecular formula is C23H27Cl2N5O. The van der Waals surface area contributed by atoms with Crippen LogP contribution in [-0.4, -0.2) is 32.0 Å². The van der Waals surface area contributed by atoms with Crippen LogP contribution in [0.3, 0.4) is 0 Å². The van der Waals surface area contributed by atoms with Gasteiger partial charge in [-0.1, -0.05) is 29.3 Å². The molecule has 164 valence electrons. The molecule has 1 N–H and O–H groups in total. The number of nitrogens with zero attached hydrogens (tertiary/aromatic N) is 4. The Balaban J connectivity index is 1.58. The summed E-state index contributed by atoms with van der Waals surface area (Å²) in [6.07, 6.45) is 4.17. The van der Waals surface area contributed by atoms with Gasteiger partial charge >= 0.3 is 0 Å². The van der Waals surface area contributed by atoms with Crippen molar-refractivity contribution in [3.05, 3.63) is 74.3 Å². The Morgan fingerprint density at radius 2 is 1.81 bits per heavy atom. The quantitative estimate of drug-likeness (QED) is 0.385. The Morgan fingerprint density at radius 3 is 2.45 bits per heavy atom. The molecule has 0 bridgehead atoms. The van der Waals surface area contributed by atoms with Crippen molar-refractivity contribution in [3.63, 3.8) is 0 Å². The van der Waals surface area contributed by atoms with Gasteiger partial charge < -0.3 is 5.32 Å². The molecule has 0 fully saturated rings. The van der Waals surface area contributed by atoms with E-state index < -0.39 is 0 Å². The van der Waals surface area contributed by atoms with Crippen LogP contribution in [0.15, 0.2) is 30.3 Å². The van der Waals surface area contributed by atoms with Gasteiger partial charge in [0.15, 0.2) is 0 Å². The first-order valence-electron chi connectivity index (χ1n) is 10.2. The number of hydrogen-bond acceptors (Lipinski definition) is 3. The lowest BCUT2D eigenvalue weighted by molar-refractivity contribution is -0.116. The van der Waals surface area contributed by atoms with Crippen LogP contribution < -0.4 is 5.32 Å². The fraction of sp³-hybridized carbons (Fsp3) is 0.348. The summed E-state index contributed by atoms with van der Waals surface area (Å²) in [6, 6.07) is 7.49. The number of hydrogen-bond donors (Lipinski definition) is 1. The van der Waals surface area contributed by atoms with E-state index in [4.69, 9.17) is 23.2 Å². The Bertz CT molecular complexity index is 1090. The molecule has 3 rings (SSSR count). The largest absolute Gasteiger partial charge is 0.352 e. The predicted molar refractivity (Wildman–Crippen MR) is 126 cm³/mol. The number of nitrogens with one attached hydrogen (secondary N) is 1. The molecule has 1 aromatic carbocycles. The highest BCUT2D eigenvalue weighted by molar-refractivity contribution is 6.35. The average molecular weight is 460 g/mol. The van der Waals surface area contributed by atoms with E-state index in [-0.39, 0.29) is 5.91 Å². The maximum absolute atomic E-state index is 12.2. The van der Waals surface area contributed by atoms with Crippen molar-refractivity contribution < 1.29 is 4.79 Å². The van der Waals surface area contributed by atoms with Crippen LogP contribution in [0.4, 0.5) is 0 Å². The first-order chi connectivity index (χ1) is 14.8. The fourth-order valence-electron chi connectivity index (χ4n) is 3.50. The van der Waals surface area contributed by atoms with E-state index in [2.05, 4.69) is 15.5 Å². The lowest BCUT2D eigenvalue weighted by Gasteiger charge is -2.09. The van der Waals surface area contributed by atoms with Crippen molar-refractivity contribution >= 4 is 35.2 Å². The van der Waals surface area contributed by atoms with Crippen molar-refractivity contribution in [2.45, 2.75) is 47.2 Å². The van der Waals surface area contributed by atoms with Gasteiger partial charge in [-0.25, -0.2) is 0 Å². The Hall–Kier alpha value is -2.57. The van der Waals surface area contributed by atoms with Crippen LogP contribution in [-0.2, 0) is 17.9 Å². The Labute approximate surface area is 192 Å². The summed E-state index contributed by atoms with van der Waals surface area (Å²) in [5.74, 6) is -0.130.